The van der Waals surface area contributed by atoms with Crippen molar-refractivity contribution >= 4 is 29.1 Å². The van der Waals surface area contributed by atoms with Crippen molar-refractivity contribution in [3.8, 4) is 5.88 Å². The van der Waals surface area contributed by atoms with Gasteiger partial charge in [0.05, 0.1) is 18.8 Å². The fourth-order valence-electron chi connectivity index (χ4n) is 4.27. The second kappa shape index (κ2) is 8.97. The third-order valence-corrected chi connectivity index (χ3v) is 7.05. The van der Waals surface area contributed by atoms with Gasteiger partial charge in [-0.3, -0.25) is 24.6 Å². The monoisotopic (exact) mass is 456 g/mol. The maximum Gasteiger partial charge on any atom is 0.256 e. The first-order valence-corrected chi connectivity index (χ1v) is 11.6. The van der Waals surface area contributed by atoms with E-state index in [1.165, 1.54) is 11.3 Å². The van der Waals surface area contributed by atoms with Crippen LogP contribution in [0.1, 0.15) is 39.2 Å². The van der Waals surface area contributed by atoms with Gasteiger partial charge in [-0.15, -0.1) is 11.3 Å². The predicted octanol–water partition coefficient (Wildman–Crippen LogP) is 1.32. The Balaban J connectivity index is 1.19. The van der Waals surface area contributed by atoms with Crippen molar-refractivity contribution in [2.24, 2.45) is 0 Å². The Morgan fingerprint density at radius 1 is 1.22 bits per heavy atom. The molecule has 0 radical (unpaired) electrons. The number of hydrogen-bond acceptors (Lipinski definition) is 8. The highest BCUT2D eigenvalue weighted by Gasteiger charge is 2.40. The lowest BCUT2D eigenvalue weighted by Gasteiger charge is -2.29. The van der Waals surface area contributed by atoms with E-state index < -0.39 is 11.9 Å². The lowest BCUT2D eigenvalue weighted by Crippen LogP contribution is -2.52. The molecule has 5 heterocycles. The van der Waals surface area contributed by atoms with Gasteiger partial charge in [0.15, 0.2) is 0 Å². The fourth-order valence-corrected chi connectivity index (χ4v) is 5.22. The fraction of sp³-hybridized carbons (Fsp3) is 0.455. The van der Waals surface area contributed by atoms with E-state index in [1.807, 2.05) is 23.7 Å². The van der Waals surface area contributed by atoms with Gasteiger partial charge in [0, 0.05) is 60.7 Å². The van der Waals surface area contributed by atoms with Crippen LogP contribution in [-0.4, -0.2) is 64.9 Å². The molecule has 0 spiro atoms. The molecule has 0 saturated carbocycles. The molecule has 9 nitrogen and oxygen atoms in total. The van der Waals surface area contributed by atoms with E-state index in [2.05, 4.69) is 15.2 Å². The SMILES string of the molecule is O=C1CCC(N2Cc3c(csc3COc3ccc(CN4CCOCC4)cn3)C2=O)C(=O)N1. The number of fused-ring (bicyclic) bond motifs is 1. The topological polar surface area (TPSA) is 101 Å². The molecule has 3 amide bonds. The number of piperidine rings is 1. The number of aromatic nitrogens is 1. The van der Waals surface area contributed by atoms with Gasteiger partial charge in [-0.05, 0) is 12.0 Å². The van der Waals surface area contributed by atoms with Crippen LogP contribution in [0.4, 0.5) is 0 Å². The average Bonchev–Trinajstić information content (AvgIpc) is 3.34. The summed E-state index contributed by atoms with van der Waals surface area (Å²) in [5.74, 6) is -0.320. The molecule has 1 N–H and O–H groups in total. The number of rotatable bonds is 6. The molecule has 10 heteroatoms. The van der Waals surface area contributed by atoms with E-state index in [1.54, 1.807) is 4.90 Å². The number of amides is 3. The molecule has 2 fully saturated rings. The van der Waals surface area contributed by atoms with Crippen LogP contribution in [0.25, 0.3) is 0 Å². The smallest absolute Gasteiger partial charge is 0.256 e. The van der Waals surface area contributed by atoms with Crippen molar-refractivity contribution in [3.05, 3.63) is 45.3 Å². The summed E-state index contributed by atoms with van der Waals surface area (Å²) < 4.78 is 11.3. The van der Waals surface area contributed by atoms with Crippen molar-refractivity contribution in [2.45, 2.75) is 38.6 Å². The summed E-state index contributed by atoms with van der Waals surface area (Å²) in [5.41, 5.74) is 2.64. The summed E-state index contributed by atoms with van der Waals surface area (Å²) in [5, 5.41) is 4.15. The minimum Gasteiger partial charge on any atom is -0.472 e. The Kier molecular flexibility index (Phi) is 5.90. The number of morpholine rings is 1. The van der Waals surface area contributed by atoms with Gasteiger partial charge >= 0.3 is 0 Å². The van der Waals surface area contributed by atoms with Crippen molar-refractivity contribution < 1.29 is 23.9 Å². The molecule has 0 bridgehead atoms. The van der Waals surface area contributed by atoms with E-state index in [4.69, 9.17) is 9.47 Å². The standard InChI is InChI=1S/C22H24N4O5S/c27-19-3-2-17(21(28)24-19)26-11-15-16(22(26)29)13-32-18(15)12-31-20-4-1-14(9-23-20)10-25-5-7-30-8-6-25/h1,4,9,13,17H,2-3,5-8,10-12H2,(H,24,27,28). The maximum absolute atomic E-state index is 12.8. The number of carbonyl (C=O) groups excluding carboxylic acids is 3. The summed E-state index contributed by atoms with van der Waals surface area (Å²) in [7, 11) is 0. The van der Waals surface area contributed by atoms with Gasteiger partial charge in [0.25, 0.3) is 5.91 Å². The molecule has 32 heavy (non-hydrogen) atoms. The van der Waals surface area contributed by atoms with Gasteiger partial charge in [0.2, 0.25) is 17.7 Å². The zero-order valence-corrected chi connectivity index (χ0v) is 18.4. The van der Waals surface area contributed by atoms with Crippen LogP contribution in [0.5, 0.6) is 5.88 Å². The van der Waals surface area contributed by atoms with E-state index in [-0.39, 0.29) is 18.2 Å². The number of hydrogen-bond donors (Lipinski definition) is 1. The highest BCUT2D eigenvalue weighted by atomic mass is 32.1. The number of imide groups is 1. The molecule has 0 aliphatic carbocycles. The lowest BCUT2D eigenvalue weighted by molar-refractivity contribution is -0.136. The van der Waals surface area contributed by atoms with Gasteiger partial charge in [0.1, 0.15) is 12.6 Å². The van der Waals surface area contributed by atoms with Crippen molar-refractivity contribution in [3.63, 3.8) is 0 Å². The summed E-state index contributed by atoms with van der Waals surface area (Å²) in [6.07, 6.45) is 2.44. The molecule has 0 aromatic carbocycles. The number of nitrogens with zero attached hydrogens (tertiary/aromatic N) is 3. The molecular weight excluding hydrogens is 432 g/mol. The number of pyridine rings is 1. The summed E-state index contributed by atoms with van der Waals surface area (Å²) >= 11 is 1.48. The van der Waals surface area contributed by atoms with Gasteiger partial charge < -0.3 is 14.4 Å². The molecular formula is C22H24N4O5S. The Labute approximate surface area is 189 Å². The molecule has 2 aromatic rings. The lowest BCUT2D eigenvalue weighted by atomic mass is 10.0. The van der Waals surface area contributed by atoms with Crippen LogP contribution in [0.3, 0.4) is 0 Å². The van der Waals surface area contributed by atoms with Crippen LogP contribution in [0.15, 0.2) is 23.7 Å². The summed E-state index contributed by atoms with van der Waals surface area (Å²) in [4.78, 5) is 45.7. The number of carbonyl (C=O) groups is 3. The first-order valence-electron chi connectivity index (χ1n) is 10.7. The van der Waals surface area contributed by atoms with Crippen LogP contribution in [0, 0.1) is 0 Å². The second-order valence-corrected chi connectivity index (χ2v) is 9.10. The zero-order chi connectivity index (χ0) is 22.1. The van der Waals surface area contributed by atoms with Gasteiger partial charge in [-0.25, -0.2) is 4.98 Å². The van der Waals surface area contributed by atoms with E-state index in [0.29, 0.717) is 31.0 Å². The third kappa shape index (κ3) is 4.25. The summed E-state index contributed by atoms with van der Waals surface area (Å²) in [6.45, 7) is 4.90. The Morgan fingerprint density at radius 3 is 2.81 bits per heavy atom. The molecule has 168 valence electrons. The van der Waals surface area contributed by atoms with E-state index in [9.17, 15) is 14.4 Å². The maximum atomic E-state index is 12.8. The Hall–Kier alpha value is -2.82. The zero-order valence-electron chi connectivity index (χ0n) is 17.5. The van der Waals surface area contributed by atoms with Crippen molar-refractivity contribution in [1.82, 2.24) is 20.1 Å². The Bertz CT molecular complexity index is 1030. The minimum absolute atomic E-state index is 0.164. The first kappa shape index (κ1) is 21.0. The third-order valence-electron chi connectivity index (χ3n) is 6.05. The van der Waals surface area contributed by atoms with Crippen molar-refractivity contribution in [2.75, 3.05) is 26.3 Å². The van der Waals surface area contributed by atoms with Crippen LogP contribution >= 0.6 is 11.3 Å². The molecule has 1 unspecified atom stereocenters. The van der Waals surface area contributed by atoms with E-state index in [0.717, 1.165) is 48.9 Å². The minimum atomic E-state index is -0.605. The predicted molar refractivity (Wildman–Crippen MR) is 115 cm³/mol. The first-order chi connectivity index (χ1) is 15.6. The molecule has 3 aliphatic rings. The van der Waals surface area contributed by atoms with Gasteiger partial charge in [-0.2, -0.15) is 0 Å². The van der Waals surface area contributed by atoms with E-state index >= 15 is 0 Å². The molecule has 1 atom stereocenters. The normalized spacial score (nSPS) is 21.6. The summed E-state index contributed by atoms with van der Waals surface area (Å²) in [6, 6.07) is 3.28. The number of nitrogens with one attached hydrogen (secondary N) is 1. The highest BCUT2D eigenvalue weighted by Crippen LogP contribution is 2.34. The van der Waals surface area contributed by atoms with Crippen molar-refractivity contribution in [1.29, 1.82) is 0 Å². The molecule has 2 saturated heterocycles. The second-order valence-electron chi connectivity index (χ2n) is 8.13. The molecule has 3 aliphatic heterocycles. The van der Waals surface area contributed by atoms with Gasteiger partial charge in [-0.1, -0.05) is 6.07 Å². The van der Waals surface area contributed by atoms with Crippen LogP contribution in [0.2, 0.25) is 0 Å². The quantitative estimate of drug-likeness (QED) is 0.654. The van der Waals surface area contributed by atoms with Crippen LogP contribution < -0.4 is 10.1 Å². The highest BCUT2D eigenvalue weighted by molar-refractivity contribution is 7.10. The average molecular weight is 457 g/mol. The Morgan fingerprint density at radius 2 is 2.06 bits per heavy atom. The number of ether oxygens (including phenoxy) is 2. The van der Waals surface area contributed by atoms with Crippen LogP contribution in [-0.2, 0) is 34.0 Å². The number of thiophene rings is 1. The largest absolute Gasteiger partial charge is 0.472 e. The molecule has 2 aromatic heterocycles. The molecule has 5 rings (SSSR count).